The van der Waals surface area contributed by atoms with Gasteiger partial charge in [0.05, 0.1) is 5.39 Å². The van der Waals surface area contributed by atoms with Crippen LogP contribution in [0.1, 0.15) is 23.7 Å². The van der Waals surface area contributed by atoms with E-state index < -0.39 is 0 Å². The summed E-state index contributed by atoms with van der Waals surface area (Å²) in [6, 6.07) is 21.4. The normalized spacial score (nSPS) is 10.4. The highest BCUT2D eigenvalue weighted by Gasteiger charge is 2.12. The van der Waals surface area contributed by atoms with Crippen LogP contribution in [0.25, 0.3) is 16.5 Å². The zero-order valence-corrected chi connectivity index (χ0v) is 15.0. The molecule has 0 amide bonds. The summed E-state index contributed by atoms with van der Waals surface area (Å²) in [5, 5.41) is 1.57. The fourth-order valence-electron chi connectivity index (χ4n) is 3.22. The van der Waals surface area contributed by atoms with Crippen LogP contribution in [0.3, 0.4) is 0 Å². The van der Waals surface area contributed by atoms with Crippen LogP contribution in [0.15, 0.2) is 83.9 Å². The van der Waals surface area contributed by atoms with E-state index in [1.165, 1.54) is 0 Å². The summed E-state index contributed by atoms with van der Waals surface area (Å²) in [5.74, 6) is 6.27. The lowest BCUT2D eigenvalue weighted by Gasteiger charge is -2.14. The van der Waals surface area contributed by atoms with Gasteiger partial charge in [-0.25, -0.2) is 0 Å². The third-order valence-corrected chi connectivity index (χ3v) is 4.50. The van der Waals surface area contributed by atoms with Crippen molar-refractivity contribution in [2.75, 3.05) is 0 Å². The van der Waals surface area contributed by atoms with Gasteiger partial charge in [0, 0.05) is 34.9 Å². The van der Waals surface area contributed by atoms with Gasteiger partial charge in [-0.2, -0.15) is 0 Å². The Bertz CT molecular complexity index is 1210. The van der Waals surface area contributed by atoms with E-state index in [4.69, 9.17) is 0 Å². The predicted molar refractivity (Wildman–Crippen MR) is 109 cm³/mol. The first-order valence-electron chi connectivity index (χ1n) is 8.93. The van der Waals surface area contributed by atoms with E-state index in [1.54, 1.807) is 17.0 Å². The monoisotopic (exact) mass is 350 g/mol. The molecule has 0 fully saturated rings. The number of nitrogens with zero attached hydrogens (tertiary/aromatic N) is 2. The Labute approximate surface area is 157 Å². The lowest BCUT2D eigenvalue weighted by Crippen LogP contribution is -2.22. The van der Waals surface area contributed by atoms with E-state index in [0.717, 1.165) is 34.3 Å². The van der Waals surface area contributed by atoms with Crippen LogP contribution in [0.5, 0.6) is 0 Å². The molecule has 2 aromatic heterocycles. The molecule has 0 aliphatic rings. The molecule has 0 aliphatic heterocycles. The minimum absolute atomic E-state index is 0.0355. The molecule has 0 bridgehead atoms. The number of para-hydroxylation sites is 1. The molecule has 3 nitrogen and oxygen atoms in total. The van der Waals surface area contributed by atoms with Gasteiger partial charge in [-0.05, 0) is 48.2 Å². The first kappa shape index (κ1) is 16.8. The van der Waals surface area contributed by atoms with E-state index in [1.807, 2.05) is 60.7 Å². The number of hydrogen-bond donors (Lipinski definition) is 0. The number of fused-ring (bicyclic) bond motifs is 1. The minimum atomic E-state index is -0.0355. The maximum absolute atomic E-state index is 13.4. The second-order valence-electron chi connectivity index (χ2n) is 6.23. The highest BCUT2D eigenvalue weighted by molar-refractivity contribution is 5.88. The maximum Gasteiger partial charge on any atom is 0.264 e. The summed E-state index contributed by atoms with van der Waals surface area (Å²) in [6.45, 7) is 2.06. The maximum atomic E-state index is 13.4. The van der Waals surface area contributed by atoms with Crippen molar-refractivity contribution in [1.82, 2.24) is 9.55 Å². The number of rotatable bonds is 2. The molecule has 0 atom stereocenters. The van der Waals surface area contributed by atoms with Crippen LogP contribution in [0.4, 0.5) is 0 Å². The summed E-state index contributed by atoms with van der Waals surface area (Å²) < 4.78 is 1.79. The van der Waals surface area contributed by atoms with Crippen molar-refractivity contribution in [2.45, 2.75) is 13.3 Å². The third-order valence-electron chi connectivity index (χ3n) is 4.50. The molecule has 0 radical (unpaired) electrons. The number of aromatic nitrogens is 2. The van der Waals surface area contributed by atoms with E-state index in [9.17, 15) is 4.79 Å². The lowest BCUT2D eigenvalue weighted by molar-refractivity contribution is 0.889. The third kappa shape index (κ3) is 3.26. The molecular formula is C24H18N2O. The molecular weight excluding hydrogens is 332 g/mol. The van der Waals surface area contributed by atoms with Gasteiger partial charge in [0.1, 0.15) is 0 Å². The predicted octanol–water partition coefficient (Wildman–Crippen LogP) is 4.35. The van der Waals surface area contributed by atoms with Crippen molar-refractivity contribution < 1.29 is 0 Å². The van der Waals surface area contributed by atoms with Gasteiger partial charge in [-0.3, -0.25) is 14.3 Å². The van der Waals surface area contributed by atoms with Crippen molar-refractivity contribution in [3.8, 4) is 17.5 Å². The van der Waals surface area contributed by atoms with Gasteiger partial charge in [0.2, 0.25) is 0 Å². The summed E-state index contributed by atoms with van der Waals surface area (Å²) in [6.07, 6.45) is 4.20. The molecule has 0 aliphatic carbocycles. The summed E-state index contributed by atoms with van der Waals surface area (Å²) in [4.78, 5) is 17.5. The SMILES string of the molecule is CCc1cc2cccc(C#Cc3cccnc3)c2c(=O)n1-c1ccccc1. The van der Waals surface area contributed by atoms with Crippen LogP contribution < -0.4 is 5.56 Å². The Morgan fingerprint density at radius 1 is 0.963 bits per heavy atom. The molecule has 2 aromatic carbocycles. The Hall–Kier alpha value is -3.64. The largest absolute Gasteiger partial charge is 0.281 e. The number of benzene rings is 2. The fourth-order valence-corrected chi connectivity index (χ4v) is 3.22. The summed E-state index contributed by atoms with van der Waals surface area (Å²) >= 11 is 0. The molecule has 0 N–H and O–H groups in total. The molecule has 0 saturated carbocycles. The molecule has 4 rings (SSSR count). The highest BCUT2D eigenvalue weighted by atomic mass is 16.1. The molecule has 0 spiro atoms. The molecule has 2 heterocycles. The number of hydrogen-bond acceptors (Lipinski definition) is 2. The van der Waals surface area contributed by atoms with Crippen LogP contribution in [0, 0.1) is 11.8 Å². The second-order valence-corrected chi connectivity index (χ2v) is 6.23. The van der Waals surface area contributed by atoms with Crippen molar-refractivity contribution >= 4 is 10.8 Å². The summed E-state index contributed by atoms with van der Waals surface area (Å²) in [5.41, 5.74) is 3.37. The van der Waals surface area contributed by atoms with Gasteiger partial charge in [0.15, 0.2) is 0 Å². The average Bonchev–Trinajstić information content (AvgIpc) is 2.73. The van der Waals surface area contributed by atoms with Gasteiger partial charge in [-0.1, -0.05) is 49.1 Å². The van der Waals surface area contributed by atoms with Crippen LogP contribution >= 0.6 is 0 Å². The van der Waals surface area contributed by atoms with E-state index in [2.05, 4.69) is 29.8 Å². The van der Waals surface area contributed by atoms with Gasteiger partial charge in [-0.15, -0.1) is 0 Å². The Morgan fingerprint density at radius 3 is 2.56 bits per heavy atom. The summed E-state index contributed by atoms with van der Waals surface area (Å²) in [7, 11) is 0. The van der Waals surface area contributed by atoms with Crippen molar-refractivity contribution in [2.24, 2.45) is 0 Å². The lowest BCUT2D eigenvalue weighted by atomic mass is 10.0. The Kier molecular flexibility index (Phi) is 4.55. The molecule has 4 aromatic rings. The van der Waals surface area contributed by atoms with Crippen molar-refractivity contribution in [1.29, 1.82) is 0 Å². The van der Waals surface area contributed by atoms with Gasteiger partial charge in [0.25, 0.3) is 5.56 Å². The van der Waals surface area contributed by atoms with Crippen LogP contribution in [0.2, 0.25) is 0 Å². The number of pyridine rings is 2. The highest BCUT2D eigenvalue weighted by Crippen LogP contribution is 2.19. The standard InChI is InChI=1S/C24H18N2O/c1-2-21-16-20-10-6-9-19(14-13-18-8-7-15-25-17-18)23(20)24(27)26(21)22-11-4-3-5-12-22/h3-12,15-17H,2H2,1H3. The van der Waals surface area contributed by atoms with E-state index >= 15 is 0 Å². The topological polar surface area (TPSA) is 34.9 Å². The quantitative estimate of drug-likeness (QED) is 0.504. The smallest absolute Gasteiger partial charge is 0.264 e. The second kappa shape index (κ2) is 7.31. The molecule has 3 heteroatoms. The van der Waals surface area contributed by atoms with Crippen LogP contribution in [-0.4, -0.2) is 9.55 Å². The average molecular weight is 350 g/mol. The van der Waals surface area contributed by atoms with E-state index in [0.29, 0.717) is 5.39 Å². The Balaban J connectivity index is 1.98. The first-order valence-corrected chi connectivity index (χ1v) is 8.93. The molecule has 27 heavy (non-hydrogen) atoms. The van der Waals surface area contributed by atoms with Crippen LogP contribution in [-0.2, 0) is 6.42 Å². The number of aryl methyl sites for hydroxylation is 1. The molecule has 0 saturated heterocycles. The minimum Gasteiger partial charge on any atom is -0.281 e. The van der Waals surface area contributed by atoms with Crippen molar-refractivity contribution in [3.05, 3.63) is 106 Å². The van der Waals surface area contributed by atoms with E-state index in [-0.39, 0.29) is 5.56 Å². The van der Waals surface area contributed by atoms with Gasteiger partial charge < -0.3 is 0 Å². The first-order chi connectivity index (χ1) is 13.3. The Morgan fingerprint density at radius 2 is 1.81 bits per heavy atom. The van der Waals surface area contributed by atoms with Gasteiger partial charge >= 0.3 is 0 Å². The molecule has 0 unspecified atom stereocenters. The zero-order chi connectivity index (χ0) is 18.6. The fraction of sp³-hybridized carbons (Fsp3) is 0.0833. The van der Waals surface area contributed by atoms with Crippen molar-refractivity contribution in [3.63, 3.8) is 0 Å². The molecule has 130 valence electrons. The zero-order valence-electron chi connectivity index (χ0n) is 15.0.